The third kappa shape index (κ3) is 2.24. The lowest BCUT2D eigenvalue weighted by Gasteiger charge is -2.11. The summed E-state index contributed by atoms with van der Waals surface area (Å²) in [5.74, 6) is 0.855. The molecule has 5 heteroatoms. The van der Waals surface area contributed by atoms with Gasteiger partial charge in [0, 0.05) is 18.6 Å². The number of ether oxygens (including phenoxy) is 3. The maximum absolute atomic E-state index is 11.2. The lowest BCUT2D eigenvalue weighted by atomic mass is 10.2. The van der Waals surface area contributed by atoms with E-state index in [-0.39, 0.29) is 6.79 Å². The second-order valence-corrected chi connectivity index (χ2v) is 3.32. The summed E-state index contributed by atoms with van der Waals surface area (Å²) in [6, 6.07) is 6.55. The number of hydrogen-bond acceptors (Lipinski definition) is 5. The molecule has 1 aromatic heterocycles. The molecule has 2 aromatic rings. The quantitative estimate of drug-likeness (QED) is 0.598. The molecule has 0 spiro atoms. The first-order chi connectivity index (χ1) is 8.26. The van der Waals surface area contributed by atoms with Crippen LogP contribution < -0.4 is 15.1 Å². The van der Waals surface area contributed by atoms with Crippen molar-refractivity contribution < 1.29 is 18.6 Å². The first kappa shape index (κ1) is 11.5. The van der Waals surface area contributed by atoms with Crippen molar-refractivity contribution in [3.63, 3.8) is 0 Å². The Morgan fingerprint density at radius 1 is 1.18 bits per heavy atom. The van der Waals surface area contributed by atoms with Gasteiger partial charge in [0.25, 0.3) is 0 Å². The summed E-state index contributed by atoms with van der Waals surface area (Å²) in [4.78, 5) is 11.2. The van der Waals surface area contributed by atoms with Gasteiger partial charge in [-0.15, -0.1) is 0 Å². The Labute approximate surface area is 97.5 Å². The molecule has 90 valence electrons. The summed E-state index contributed by atoms with van der Waals surface area (Å²) in [5, 5.41) is 0.761. The highest BCUT2D eigenvalue weighted by Crippen LogP contribution is 2.34. The summed E-state index contributed by atoms with van der Waals surface area (Å²) in [6.07, 6.45) is 0. The molecule has 0 saturated carbocycles. The van der Waals surface area contributed by atoms with Gasteiger partial charge < -0.3 is 18.6 Å². The third-order valence-corrected chi connectivity index (χ3v) is 2.25. The smallest absolute Gasteiger partial charge is 0.336 e. The minimum atomic E-state index is -0.437. The van der Waals surface area contributed by atoms with Crippen LogP contribution in [-0.4, -0.2) is 21.0 Å². The molecule has 0 radical (unpaired) electrons. The van der Waals surface area contributed by atoms with E-state index in [9.17, 15) is 4.79 Å². The molecular formula is C12H12O5. The van der Waals surface area contributed by atoms with E-state index in [0.29, 0.717) is 17.1 Å². The van der Waals surface area contributed by atoms with Crippen LogP contribution in [0.3, 0.4) is 0 Å². The Bertz CT molecular complexity index is 573. The Hall–Kier alpha value is -2.01. The summed E-state index contributed by atoms with van der Waals surface area (Å²) < 4.78 is 20.5. The average Bonchev–Trinajstić information content (AvgIpc) is 2.35. The molecule has 1 heterocycles. The molecule has 0 fully saturated rings. The van der Waals surface area contributed by atoms with Gasteiger partial charge in [-0.3, -0.25) is 0 Å². The number of hydrogen-bond donors (Lipinski definition) is 0. The summed E-state index contributed by atoms with van der Waals surface area (Å²) in [5.41, 5.74) is -0.0816. The molecule has 17 heavy (non-hydrogen) atoms. The van der Waals surface area contributed by atoms with Gasteiger partial charge in [0.2, 0.25) is 5.75 Å². The van der Waals surface area contributed by atoms with Gasteiger partial charge in [-0.05, 0) is 18.2 Å². The van der Waals surface area contributed by atoms with E-state index in [4.69, 9.17) is 18.6 Å². The highest BCUT2D eigenvalue weighted by atomic mass is 16.7. The average molecular weight is 236 g/mol. The van der Waals surface area contributed by atoms with Gasteiger partial charge in [0.05, 0.1) is 7.11 Å². The molecule has 0 saturated heterocycles. The van der Waals surface area contributed by atoms with Gasteiger partial charge in [-0.25, -0.2) is 4.79 Å². The Balaban J connectivity index is 2.63. The molecule has 0 aliphatic carbocycles. The van der Waals surface area contributed by atoms with Crippen LogP contribution in [0.15, 0.2) is 33.5 Å². The van der Waals surface area contributed by atoms with Crippen molar-refractivity contribution in [1.82, 2.24) is 0 Å². The molecule has 0 aliphatic rings. The second kappa shape index (κ2) is 4.88. The molecule has 1 aromatic carbocycles. The third-order valence-electron chi connectivity index (χ3n) is 2.25. The van der Waals surface area contributed by atoms with E-state index in [1.54, 1.807) is 18.2 Å². The Kier molecular flexibility index (Phi) is 3.30. The topological polar surface area (TPSA) is 57.9 Å². The van der Waals surface area contributed by atoms with E-state index in [1.807, 2.05) is 0 Å². The molecule has 0 atom stereocenters. The SMILES string of the molecule is COCOc1c(OC)ccc2ccc(=O)oc12. The minimum absolute atomic E-state index is 0.0497. The zero-order chi connectivity index (χ0) is 12.3. The van der Waals surface area contributed by atoms with Gasteiger partial charge in [-0.1, -0.05) is 0 Å². The van der Waals surface area contributed by atoms with Gasteiger partial charge in [0.15, 0.2) is 18.1 Å². The van der Waals surface area contributed by atoms with Crippen molar-refractivity contribution >= 4 is 11.0 Å². The number of benzene rings is 1. The van der Waals surface area contributed by atoms with Crippen LogP contribution in [-0.2, 0) is 4.74 Å². The number of fused-ring (bicyclic) bond motifs is 1. The van der Waals surface area contributed by atoms with Crippen LogP contribution in [0.2, 0.25) is 0 Å². The molecule has 0 N–H and O–H groups in total. The molecule has 2 rings (SSSR count). The highest BCUT2D eigenvalue weighted by molar-refractivity contribution is 5.85. The zero-order valence-corrected chi connectivity index (χ0v) is 9.56. The van der Waals surface area contributed by atoms with Crippen molar-refractivity contribution in [2.24, 2.45) is 0 Å². The summed E-state index contributed by atoms with van der Waals surface area (Å²) >= 11 is 0. The van der Waals surface area contributed by atoms with Crippen molar-refractivity contribution in [2.75, 3.05) is 21.0 Å². The highest BCUT2D eigenvalue weighted by Gasteiger charge is 2.12. The predicted molar refractivity (Wildman–Crippen MR) is 61.5 cm³/mol. The van der Waals surface area contributed by atoms with Crippen LogP contribution in [0.25, 0.3) is 11.0 Å². The summed E-state index contributed by atoms with van der Waals surface area (Å²) in [6.45, 7) is 0.0497. The fraction of sp³-hybridized carbons (Fsp3) is 0.250. The largest absolute Gasteiger partial charge is 0.493 e. The lowest BCUT2D eigenvalue weighted by Crippen LogP contribution is -2.03. The van der Waals surface area contributed by atoms with E-state index >= 15 is 0 Å². The first-order valence-electron chi connectivity index (χ1n) is 4.99. The monoisotopic (exact) mass is 236 g/mol. The Morgan fingerprint density at radius 3 is 2.65 bits per heavy atom. The second-order valence-electron chi connectivity index (χ2n) is 3.32. The molecule has 0 bridgehead atoms. The molecule has 0 aliphatic heterocycles. The fourth-order valence-electron chi connectivity index (χ4n) is 1.50. The first-order valence-corrected chi connectivity index (χ1v) is 4.99. The molecule has 0 unspecified atom stereocenters. The van der Waals surface area contributed by atoms with Crippen molar-refractivity contribution in [3.8, 4) is 11.5 Å². The fourth-order valence-corrected chi connectivity index (χ4v) is 1.50. The predicted octanol–water partition coefficient (Wildman–Crippen LogP) is 1.78. The number of rotatable bonds is 4. The molecule has 5 nitrogen and oxygen atoms in total. The van der Waals surface area contributed by atoms with Crippen LogP contribution in [0.1, 0.15) is 0 Å². The molecule has 0 amide bonds. The van der Waals surface area contributed by atoms with Crippen molar-refractivity contribution in [1.29, 1.82) is 0 Å². The van der Waals surface area contributed by atoms with E-state index in [2.05, 4.69) is 0 Å². The maximum Gasteiger partial charge on any atom is 0.336 e. The van der Waals surface area contributed by atoms with Crippen molar-refractivity contribution in [3.05, 3.63) is 34.7 Å². The van der Waals surface area contributed by atoms with Crippen molar-refractivity contribution in [2.45, 2.75) is 0 Å². The molecular weight excluding hydrogens is 224 g/mol. The normalized spacial score (nSPS) is 10.5. The maximum atomic E-state index is 11.2. The zero-order valence-electron chi connectivity index (χ0n) is 9.56. The van der Waals surface area contributed by atoms with Gasteiger partial charge in [0.1, 0.15) is 0 Å². The standard InChI is InChI=1S/C12H12O5/c1-14-7-16-12-9(15-2)5-3-8-4-6-10(13)17-11(8)12/h3-6H,7H2,1-2H3. The van der Waals surface area contributed by atoms with E-state index < -0.39 is 5.63 Å². The summed E-state index contributed by atoms with van der Waals surface area (Å²) in [7, 11) is 3.02. The van der Waals surface area contributed by atoms with Crippen LogP contribution in [0.5, 0.6) is 11.5 Å². The minimum Gasteiger partial charge on any atom is -0.493 e. The van der Waals surface area contributed by atoms with Crippen LogP contribution in [0.4, 0.5) is 0 Å². The number of methoxy groups -OCH3 is 2. The van der Waals surface area contributed by atoms with Crippen LogP contribution in [0, 0.1) is 0 Å². The van der Waals surface area contributed by atoms with Gasteiger partial charge >= 0.3 is 5.63 Å². The van der Waals surface area contributed by atoms with E-state index in [1.165, 1.54) is 20.3 Å². The lowest BCUT2D eigenvalue weighted by molar-refractivity contribution is 0.0495. The van der Waals surface area contributed by atoms with Crippen LogP contribution >= 0.6 is 0 Å². The Morgan fingerprint density at radius 2 is 1.94 bits per heavy atom. The van der Waals surface area contributed by atoms with Gasteiger partial charge in [-0.2, -0.15) is 0 Å². The van der Waals surface area contributed by atoms with E-state index in [0.717, 1.165) is 5.39 Å².